The zero-order valence-corrected chi connectivity index (χ0v) is 13.2. The summed E-state index contributed by atoms with van der Waals surface area (Å²) in [6, 6.07) is 17.2. The Labute approximate surface area is 126 Å². The van der Waals surface area contributed by atoms with E-state index < -0.39 is 0 Å². The number of nitrogens with zero attached hydrogens (tertiary/aromatic N) is 1. The van der Waals surface area contributed by atoms with Crippen molar-refractivity contribution in [3.05, 3.63) is 54.1 Å². The molecule has 0 atom stereocenters. The minimum atomic E-state index is 0.856. The van der Waals surface area contributed by atoms with Crippen molar-refractivity contribution in [1.29, 1.82) is 0 Å². The van der Waals surface area contributed by atoms with Gasteiger partial charge in [0.15, 0.2) is 0 Å². The van der Waals surface area contributed by atoms with Crippen LogP contribution >= 0.6 is 11.8 Å². The number of hydrogen-bond donors (Lipinski definition) is 1. The summed E-state index contributed by atoms with van der Waals surface area (Å²) in [5.41, 5.74) is 3.75. The van der Waals surface area contributed by atoms with Crippen LogP contribution in [0.5, 0.6) is 0 Å². The van der Waals surface area contributed by atoms with Gasteiger partial charge in [-0.15, -0.1) is 11.8 Å². The van der Waals surface area contributed by atoms with Gasteiger partial charge in [-0.1, -0.05) is 31.2 Å². The molecule has 0 saturated carbocycles. The van der Waals surface area contributed by atoms with Crippen molar-refractivity contribution in [2.24, 2.45) is 0 Å². The van der Waals surface area contributed by atoms with Crippen molar-refractivity contribution < 1.29 is 0 Å². The summed E-state index contributed by atoms with van der Waals surface area (Å²) in [4.78, 5) is 3.43. The van der Waals surface area contributed by atoms with Gasteiger partial charge >= 0.3 is 0 Å². The van der Waals surface area contributed by atoms with Crippen LogP contribution in [0.3, 0.4) is 0 Å². The van der Waals surface area contributed by atoms with Gasteiger partial charge in [-0.2, -0.15) is 0 Å². The van der Waals surface area contributed by atoms with Crippen molar-refractivity contribution in [2.45, 2.75) is 18.4 Å². The first kappa shape index (κ1) is 14.8. The van der Waals surface area contributed by atoms with Gasteiger partial charge in [0.2, 0.25) is 0 Å². The SMILES string of the molecule is CCSc1ccccc1NCc1ccc(N(C)C)cc1. The Hall–Kier alpha value is -1.61. The minimum absolute atomic E-state index is 0.856. The maximum Gasteiger partial charge on any atom is 0.0481 e. The van der Waals surface area contributed by atoms with Crippen molar-refractivity contribution >= 4 is 23.1 Å². The molecule has 2 rings (SSSR count). The summed E-state index contributed by atoms with van der Waals surface area (Å²) in [5.74, 6) is 1.09. The highest BCUT2D eigenvalue weighted by molar-refractivity contribution is 7.99. The second-order valence-corrected chi connectivity index (χ2v) is 6.15. The monoisotopic (exact) mass is 286 g/mol. The third-order valence-corrected chi connectivity index (χ3v) is 4.08. The van der Waals surface area contributed by atoms with Gasteiger partial charge < -0.3 is 10.2 Å². The first-order chi connectivity index (χ1) is 9.70. The lowest BCUT2D eigenvalue weighted by atomic mass is 10.2. The topological polar surface area (TPSA) is 15.3 Å². The largest absolute Gasteiger partial charge is 0.380 e. The van der Waals surface area contributed by atoms with Crippen molar-refractivity contribution in [3.8, 4) is 0 Å². The molecule has 0 heterocycles. The summed E-state index contributed by atoms with van der Waals surface area (Å²) in [7, 11) is 4.12. The Morgan fingerprint density at radius 3 is 2.35 bits per heavy atom. The van der Waals surface area contributed by atoms with Gasteiger partial charge in [-0.3, -0.25) is 0 Å². The Morgan fingerprint density at radius 2 is 1.70 bits per heavy atom. The van der Waals surface area contributed by atoms with Crippen molar-refractivity contribution in [3.63, 3.8) is 0 Å². The van der Waals surface area contributed by atoms with Gasteiger partial charge in [-0.25, -0.2) is 0 Å². The summed E-state index contributed by atoms with van der Waals surface area (Å²) < 4.78 is 0. The highest BCUT2D eigenvalue weighted by Crippen LogP contribution is 2.27. The molecule has 0 aromatic heterocycles. The molecule has 0 aliphatic carbocycles. The minimum Gasteiger partial charge on any atom is -0.380 e. The molecule has 2 nitrogen and oxygen atoms in total. The van der Waals surface area contributed by atoms with E-state index in [0.717, 1.165) is 12.3 Å². The smallest absolute Gasteiger partial charge is 0.0481 e. The Balaban J connectivity index is 2.01. The van der Waals surface area contributed by atoms with Gasteiger partial charge in [-0.05, 0) is 35.6 Å². The van der Waals surface area contributed by atoms with Crippen LogP contribution in [0.25, 0.3) is 0 Å². The van der Waals surface area contributed by atoms with Crippen LogP contribution in [0.1, 0.15) is 12.5 Å². The number of thioether (sulfide) groups is 1. The summed E-state index contributed by atoms with van der Waals surface area (Å²) in [5, 5.41) is 3.53. The van der Waals surface area contributed by atoms with E-state index in [1.54, 1.807) is 0 Å². The fourth-order valence-electron chi connectivity index (χ4n) is 2.00. The highest BCUT2D eigenvalue weighted by atomic mass is 32.2. The van der Waals surface area contributed by atoms with Crippen LogP contribution in [-0.4, -0.2) is 19.8 Å². The first-order valence-electron chi connectivity index (χ1n) is 6.92. The number of anilines is 2. The zero-order chi connectivity index (χ0) is 14.4. The summed E-state index contributed by atoms with van der Waals surface area (Å²) in [6.45, 7) is 3.04. The van der Waals surface area contributed by atoms with Crippen molar-refractivity contribution in [1.82, 2.24) is 0 Å². The zero-order valence-electron chi connectivity index (χ0n) is 12.4. The van der Waals surface area contributed by atoms with Gasteiger partial charge in [0.1, 0.15) is 0 Å². The molecule has 1 N–H and O–H groups in total. The van der Waals surface area contributed by atoms with Crippen LogP contribution in [0.15, 0.2) is 53.4 Å². The summed E-state index contributed by atoms with van der Waals surface area (Å²) >= 11 is 1.87. The molecule has 0 amide bonds. The predicted octanol–water partition coefficient (Wildman–Crippen LogP) is 4.48. The molecule has 2 aromatic rings. The van der Waals surface area contributed by atoms with E-state index in [-0.39, 0.29) is 0 Å². The fraction of sp³-hybridized carbons (Fsp3) is 0.294. The molecule has 0 spiro atoms. The first-order valence-corrected chi connectivity index (χ1v) is 7.91. The van der Waals surface area contributed by atoms with E-state index in [0.29, 0.717) is 0 Å². The van der Waals surface area contributed by atoms with Crippen LogP contribution in [0.4, 0.5) is 11.4 Å². The standard InChI is InChI=1S/C17H22N2S/c1-4-20-17-8-6-5-7-16(17)18-13-14-9-11-15(12-10-14)19(2)3/h5-12,18H,4,13H2,1-3H3. The molecule has 106 valence electrons. The van der Waals surface area contributed by atoms with E-state index in [1.807, 2.05) is 11.8 Å². The third-order valence-electron chi connectivity index (χ3n) is 3.12. The molecule has 0 aliphatic rings. The molecule has 0 saturated heterocycles. The number of rotatable bonds is 6. The second-order valence-electron chi connectivity index (χ2n) is 4.84. The van der Waals surface area contributed by atoms with Crippen LogP contribution in [0.2, 0.25) is 0 Å². The van der Waals surface area contributed by atoms with E-state index >= 15 is 0 Å². The second kappa shape index (κ2) is 7.25. The lowest BCUT2D eigenvalue weighted by molar-refractivity contribution is 1.10. The average molecular weight is 286 g/mol. The van der Waals surface area contributed by atoms with Crippen LogP contribution in [-0.2, 0) is 6.54 Å². The number of nitrogens with one attached hydrogen (secondary N) is 1. The molecule has 0 radical (unpaired) electrons. The molecule has 0 unspecified atom stereocenters. The molecular weight excluding hydrogens is 264 g/mol. The fourth-order valence-corrected chi connectivity index (χ4v) is 2.78. The van der Waals surface area contributed by atoms with Crippen LogP contribution < -0.4 is 10.2 Å². The van der Waals surface area contributed by atoms with Crippen LogP contribution in [0, 0.1) is 0 Å². The number of hydrogen-bond acceptors (Lipinski definition) is 3. The van der Waals surface area contributed by atoms with Gasteiger partial charge in [0, 0.05) is 36.9 Å². The molecular formula is C17H22N2S. The molecule has 2 aromatic carbocycles. The Kier molecular flexibility index (Phi) is 5.36. The van der Waals surface area contributed by atoms with Gasteiger partial charge in [0.25, 0.3) is 0 Å². The lowest BCUT2D eigenvalue weighted by Gasteiger charge is -2.14. The average Bonchev–Trinajstić information content (AvgIpc) is 2.47. The number of benzene rings is 2. The normalized spacial score (nSPS) is 10.3. The van der Waals surface area contributed by atoms with E-state index in [4.69, 9.17) is 0 Å². The maximum absolute atomic E-state index is 3.53. The molecule has 0 aliphatic heterocycles. The van der Waals surface area contributed by atoms with E-state index in [1.165, 1.54) is 21.8 Å². The molecule has 3 heteroatoms. The molecule has 0 bridgehead atoms. The molecule has 0 fully saturated rings. The quantitative estimate of drug-likeness (QED) is 0.788. The highest BCUT2D eigenvalue weighted by Gasteiger charge is 2.01. The predicted molar refractivity (Wildman–Crippen MR) is 90.9 cm³/mol. The number of para-hydroxylation sites is 1. The van der Waals surface area contributed by atoms with Crippen molar-refractivity contribution in [2.75, 3.05) is 30.1 Å². The summed E-state index contributed by atoms with van der Waals surface area (Å²) in [6.07, 6.45) is 0. The lowest BCUT2D eigenvalue weighted by Crippen LogP contribution is -2.08. The Morgan fingerprint density at radius 1 is 1.00 bits per heavy atom. The Bertz CT molecular complexity index is 535. The third kappa shape index (κ3) is 3.94. The maximum atomic E-state index is 3.53. The van der Waals surface area contributed by atoms with Gasteiger partial charge in [0.05, 0.1) is 0 Å². The van der Waals surface area contributed by atoms with E-state index in [9.17, 15) is 0 Å². The molecule has 20 heavy (non-hydrogen) atoms. The van der Waals surface area contributed by atoms with E-state index in [2.05, 4.69) is 79.8 Å².